The highest BCUT2D eigenvalue weighted by Gasteiger charge is 2.26. The van der Waals surface area contributed by atoms with Crippen LogP contribution in [0.1, 0.15) is 27.2 Å². The third kappa shape index (κ3) is 2.79. The molecule has 1 aliphatic rings. The molecular weight excluding hydrogens is 362 g/mol. The van der Waals surface area contributed by atoms with E-state index in [0.29, 0.717) is 0 Å². The van der Waals surface area contributed by atoms with Crippen molar-refractivity contribution in [2.45, 2.75) is 18.4 Å². The number of nitrogens with zero attached hydrogens (tertiary/aromatic N) is 1. The van der Waals surface area contributed by atoms with Crippen LogP contribution in [0.4, 0.5) is 0 Å². The molecule has 5 rings (SSSR count). The number of hydrogen-bond acceptors (Lipinski definition) is 2. The Balaban J connectivity index is 1.63. The molecule has 3 aromatic carbocycles. The van der Waals surface area contributed by atoms with Gasteiger partial charge in [-0.15, -0.1) is 0 Å². The fourth-order valence-corrected chi connectivity index (χ4v) is 4.91. The molecule has 0 N–H and O–H groups in total. The van der Waals surface area contributed by atoms with Gasteiger partial charge in [0.2, 0.25) is 5.78 Å². The van der Waals surface area contributed by atoms with Gasteiger partial charge >= 0.3 is 0 Å². The first-order chi connectivity index (χ1) is 13.7. The van der Waals surface area contributed by atoms with Gasteiger partial charge in [-0.2, -0.15) is 0 Å². The number of ketones is 1. The molecule has 2 nitrogen and oxygen atoms in total. The number of carbonyl (C=O) groups excluding carboxylic acids is 1. The third-order valence-corrected chi connectivity index (χ3v) is 6.41. The summed E-state index contributed by atoms with van der Waals surface area (Å²) in [5.41, 5.74) is 5.59. The fourth-order valence-electron chi connectivity index (χ4n) is 3.88. The molecule has 0 radical (unpaired) electrons. The van der Waals surface area contributed by atoms with Gasteiger partial charge in [-0.25, -0.2) is 0 Å². The number of benzene rings is 3. The summed E-state index contributed by atoms with van der Waals surface area (Å²) in [7, 11) is 0. The van der Waals surface area contributed by atoms with Crippen LogP contribution >= 0.6 is 11.8 Å². The van der Waals surface area contributed by atoms with Gasteiger partial charge in [-0.3, -0.25) is 4.79 Å². The lowest BCUT2D eigenvalue weighted by molar-refractivity contribution is 0.104. The Labute approximate surface area is 168 Å². The molecule has 0 spiro atoms. The fraction of sp³-hybridized carbons (Fsp3) is 0.0800. The van der Waals surface area contributed by atoms with Gasteiger partial charge in [0, 0.05) is 39.2 Å². The van der Waals surface area contributed by atoms with Crippen molar-refractivity contribution in [3.8, 4) is 0 Å². The molecule has 136 valence electrons. The van der Waals surface area contributed by atoms with Crippen LogP contribution in [-0.2, 0) is 6.54 Å². The van der Waals surface area contributed by atoms with Crippen molar-refractivity contribution in [3.05, 3.63) is 106 Å². The zero-order valence-electron chi connectivity index (χ0n) is 15.6. The highest BCUT2D eigenvalue weighted by atomic mass is 32.2. The first-order valence-corrected chi connectivity index (χ1v) is 10.2. The summed E-state index contributed by atoms with van der Waals surface area (Å²) in [6.45, 7) is 2.96. The molecule has 28 heavy (non-hydrogen) atoms. The average molecular weight is 382 g/mol. The van der Waals surface area contributed by atoms with Crippen LogP contribution in [0.15, 0.2) is 88.7 Å². The van der Waals surface area contributed by atoms with Crippen molar-refractivity contribution in [1.82, 2.24) is 4.57 Å². The maximum atomic E-state index is 12.9. The van der Waals surface area contributed by atoms with E-state index in [9.17, 15) is 4.79 Å². The smallest absolute Gasteiger partial charge is 0.200 e. The van der Waals surface area contributed by atoms with Crippen LogP contribution in [0.2, 0.25) is 0 Å². The number of para-hydroxylation sites is 1. The van der Waals surface area contributed by atoms with Gasteiger partial charge in [0.1, 0.15) is 0 Å². The van der Waals surface area contributed by atoms with Crippen molar-refractivity contribution < 1.29 is 4.79 Å². The van der Waals surface area contributed by atoms with Gasteiger partial charge < -0.3 is 4.57 Å². The molecule has 1 aliphatic heterocycles. The molecule has 0 bridgehead atoms. The lowest BCUT2D eigenvalue weighted by Crippen LogP contribution is -2.01. The van der Waals surface area contributed by atoms with E-state index >= 15 is 0 Å². The van der Waals surface area contributed by atoms with Gasteiger partial charge in [-0.05, 0) is 36.8 Å². The second-order valence-corrected chi connectivity index (χ2v) is 8.11. The largest absolute Gasteiger partial charge is 0.340 e. The lowest BCUT2D eigenvalue weighted by atomic mass is 10.1. The molecule has 3 heteroatoms. The van der Waals surface area contributed by atoms with E-state index in [0.717, 1.165) is 27.5 Å². The zero-order chi connectivity index (χ0) is 19.1. The number of allylic oxidation sites excluding steroid dienone is 1. The summed E-state index contributed by atoms with van der Waals surface area (Å²) >= 11 is 1.57. The topological polar surface area (TPSA) is 22.0 Å². The molecule has 0 amide bonds. The van der Waals surface area contributed by atoms with E-state index in [1.165, 1.54) is 22.2 Å². The Morgan fingerprint density at radius 3 is 2.43 bits per heavy atom. The number of Topliss-reactive ketones (excluding diaryl/α,β-unsaturated/α-hetero) is 1. The summed E-state index contributed by atoms with van der Waals surface area (Å²) < 4.78 is 2.34. The minimum atomic E-state index is 0.125. The second-order valence-electron chi connectivity index (χ2n) is 7.02. The van der Waals surface area contributed by atoms with E-state index in [1.807, 2.05) is 30.3 Å². The first-order valence-electron chi connectivity index (χ1n) is 9.37. The van der Waals surface area contributed by atoms with Crippen molar-refractivity contribution in [3.63, 3.8) is 0 Å². The lowest BCUT2D eigenvalue weighted by Gasteiger charge is -2.08. The van der Waals surface area contributed by atoms with Crippen LogP contribution in [0.5, 0.6) is 0 Å². The van der Waals surface area contributed by atoms with Crippen LogP contribution < -0.4 is 0 Å². The molecule has 0 aliphatic carbocycles. The van der Waals surface area contributed by atoms with E-state index in [4.69, 9.17) is 0 Å². The van der Waals surface area contributed by atoms with Gasteiger partial charge in [0.15, 0.2) is 0 Å². The third-order valence-electron chi connectivity index (χ3n) is 5.31. The highest BCUT2D eigenvalue weighted by molar-refractivity contribution is 8.04. The molecule has 0 unspecified atom stereocenters. The van der Waals surface area contributed by atoms with Gasteiger partial charge in [-0.1, -0.05) is 72.4 Å². The number of thioether (sulfide) groups is 1. The van der Waals surface area contributed by atoms with E-state index in [1.54, 1.807) is 11.8 Å². The average Bonchev–Trinajstić information content (AvgIpc) is 3.19. The van der Waals surface area contributed by atoms with Crippen LogP contribution in [0.3, 0.4) is 0 Å². The van der Waals surface area contributed by atoms with E-state index in [-0.39, 0.29) is 5.78 Å². The van der Waals surface area contributed by atoms with Crippen LogP contribution in [-0.4, -0.2) is 10.4 Å². The minimum Gasteiger partial charge on any atom is -0.340 e. The Bertz CT molecular complexity index is 1230. The Morgan fingerprint density at radius 2 is 1.61 bits per heavy atom. The van der Waals surface area contributed by atoms with Crippen molar-refractivity contribution in [2.24, 2.45) is 0 Å². The molecule has 0 saturated heterocycles. The quantitative estimate of drug-likeness (QED) is 0.387. The number of aromatic nitrogens is 1. The maximum Gasteiger partial charge on any atom is 0.200 e. The normalized spacial score (nSPS) is 14.8. The number of carbonyl (C=O) groups is 1. The summed E-state index contributed by atoms with van der Waals surface area (Å²) in [6, 6.07) is 26.8. The zero-order valence-corrected chi connectivity index (χ0v) is 16.4. The number of hydrogen-bond donors (Lipinski definition) is 0. The van der Waals surface area contributed by atoms with Crippen molar-refractivity contribution in [2.75, 3.05) is 0 Å². The highest BCUT2D eigenvalue weighted by Crippen LogP contribution is 2.42. The monoisotopic (exact) mass is 381 g/mol. The molecule has 0 fully saturated rings. The van der Waals surface area contributed by atoms with Gasteiger partial charge in [0.25, 0.3) is 0 Å². The van der Waals surface area contributed by atoms with Crippen molar-refractivity contribution in [1.29, 1.82) is 0 Å². The summed E-state index contributed by atoms with van der Waals surface area (Å²) in [4.78, 5) is 14.7. The van der Waals surface area contributed by atoms with Crippen molar-refractivity contribution >= 4 is 34.5 Å². The van der Waals surface area contributed by atoms with Crippen LogP contribution in [0.25, 0.3) is 17.0 Å². The van der Waals surface area contributed by atoms with E-state index < -0.39 is 0 Å². The molecular formula is C25H19NOS. The number of fused-ring (bicyclic) bond motifs is 2. The number of rotatable bonds is 3. The maximum absolute atomic E-state index is 12.9. The molecule has 2 heterocycles. The minimum absolute atomic E-state index is 0.125. The summed E-state index contributed by atoms with van der Waals surface area (Å²) in [5, 5.41) is 1.19. The van der Waals surface area contributed by atoms with Crippen LogP contribution in [0, 0.1) is 6.92 Å². The predicted molar refractivity (Wildman–Crippen MR) is 117 cm³/mol. The molecule has 1 aromatic heterocycles. The molecule has 4 aromatic rings. The second kappa shape index (κ2) is 6.84. The molecule has 0 atom stereocenters. The molecule has 0 saturated carbocycles. The van der Waals surface area contributed by atoms with E-state index in [2.05, 4.69) is 66.1 Å². The summed E-state index contributed by atoms with van der Waals surface area (Å²) in [6.07, 6.45) is 2.08. The van der Waals surface area contributed by atoms with Gasteiger partial charge in [0.05, 0.1) is 4.91 Å². The Kier molecular flexibility index (Phi) is 4.18. The SMILES string of the molecule is Cc1c(/C=C2/Sc3ccccc3C2=O)c2ccccc2n1Cc1ccccc1. The predicted octanol–water partition coefficient (Wildman–Crippen LogP) is 6.33. The Hall–Kier alpha value is -3.04. The standard InChI is InChI=1S/C25H19NOS/c1-17-21(15-24-25(27)20-12-6-8-14-23(20)28-24)19-11-5-7-13-22(19)26(17)16-18-9-3-2-4-10-18/h2-15H,16H2,1H3/b24-15+. The summed E-state index contributed by atoms with van der Waals surface area (Å²) in [5.74, 6) is 0.125. The first kappa shape index (κ1) is 17.1. The Morgan fingerprint density at radius 1 is 0.893 bits per heavy atom.